The summed E-state index contributed by atoms with van der Waals surface area (Å²) in [6.45, 7) is -1.50. The summed E-state index contributed by atoms with van der Waals surface area (Å²) in [5.74, 6) is -3.32. The van der Waals surface area contributed by atoms with Gasteiger partial charge in [0.15, 0.2) is 0 Å². The van der Waals surface area contributed by atoms with E-state index >= 15 is 0 Å². The summed E-state index contributed by atoms with van der Waals surface area (Å²) < 4.78 is 0. The number of benzene rings is 1. The van der Waals surface area contributed by atoms with E-state index in [1.807, 2.05) is 35.8 Å². The number of nitrogens with one attached hydrogen (secondary N) is 2. The van der Waals surface area contributed by atoms with E-state index in [9.17, 15) is 24.3 Å². The average molecular weight is 385 g/mol. The number of carboxylic acid groups (broad SMARTS) is 3. The first-order valence-corrected chi connectivity index (χ1v) is 8.53. The molecular formula is C15H19N3O7S. The van der Waals surface area contributed by atoms with Crippen molar-refractivity contribution >= 4 is 35.7 Å². The van der Waals surface area contributed by atoms with Crippen molar-refractivity contribution in [1.82, 2.24) is 15.8 Å². The number of amides is 2. The van der Waals surface area contributed by atoms with E-state index in [4.69, 9.17) is 10.2 Å². The van der Waals surface area contributed by atoms with Gasteiger partial charge in [-0.1, -0.05) is 30.3 Å². The van der Waals surface area contributed by atoms with Crippen LogP contribution in [-0.4, -0.2) is 69.2 Å². The van der Waals surface area contributed by atoms with Gasteiger partial charge in [-0.15, -0.1) is 0 Å². The van der Waals surface area contributed by atoms with Crippen LogP contribution in [0.25, 0.3) is 0 Å². The molecule has 1 aromatic carbocycles. The van der Waals surface area contributed by atoms with E-state index in [1.54, 1.807) is 0 Å². The molecule has 1 rings (SSSR count). The van der Waals surface area contributed by atoms with Gasteiger partial charge in [0.2, 0.25) is 0 Å². The molecule has 0 aliphatic rings. The van der Waals surface area contributed by atoms with Crippen LogP contribution in [0.15, 0.2) is 30.3 Å². The molecule has 10 nitrogen and oxygen atoms in total. The molecule has 142 valence electrons. The number of hydrazine groups is 1. The fourth-order valence-electron chi connectivity index (χ4n) is 1.84. The highest BCUT2D eigenvalue weighted by Gasteiger charge is 2.22. The molecule has 0 heterocycles. The van der Waals surface area contributed by atoms with Crippen molar-refractivity contribution in [2.24, 2.45) is 0 Å². The standard InChI is InChI=1S/C15H19N3O7S/c19-12(20)6-18(7-13(21)22)17-15(25)16-11(14(23)24)9-26-8-10-4-2-1-3-5-10/h1-5,11H,6-9H2,(H,19,20)(H,21,22)(H,23,24)(H2,16,17,25). The minimum absolute atomic E-state index is 0.0789. The fourth-order valence-corrected chi connectivity index (χ4v) is 2.85. The molecule has 1 aromatic rings. The average Bonchev–Trinajstić information content (AvgIpc) is 2.53. The SMILES string of the molecule is O=C(O)CN(CC(=O)O)NC(=O)NC(CSCc1ccccc1)C(=O)O. The van der Waals surface area contributed by atoms with Gasteiger partial charge in [-0.05, 0) is 5.56 Å². The minimum Gasteiger partial charge on any atom is -0.480 e. The fraction of sp³-hybridized carbons (Fsp3) is 0.333. The number of urea groups is 1. The van der Waals surface area contributed by atoms with E-state index < -0.39 is 43.1 Å². The number of thioether (sulfide) groups is 1. The van der Waals surface area contributed by atoms with Crippen molar-refractivity contribution in [3.8, 4) is 0 Å². The highest BCUT2D eigenvalue weighted by atomic mass is 32.2. The molecule has 0 bridgehead atoms. The maximum absolute atomic E-state index is 11.8. The predicted molar refractivity (Wildman–Crippen MR) is 92.5 cm³/mol. The van der Waals surface area contributed by atoms with Crippen molar-refractivity contribution < 1.29 is 34.5 Å². The maximum Gasteiger partial charge on any atom is 0.330 e. The molecule has 11 heteroatoms. The lowest BCUT2D eigenvalue weighted by Gasteiger charge is -2.21. The lowest BCUT2D eigenvalue weighted by molar-refractivity contribution is -0.143. The first kappa shape index (κ1) is 21.3. The molecule has 1 unspecified atom stereocenters. The van der Waals surface area contributed by atoms with Gasteiger partial charge in [-0.25, -0.2) is 9.59 Å². The second kappa shape index (κ2) is 10.9. The third-order valence-electron chi connectivity index (χ3n) is 2.91. The second-order valence-electron chi connectivity index (χ2n) is 5.12. The molecule has 0 saturated carbocycles. The number of carbonyl (C=O) groups excluding carboxylic acids is 1. The van der Waals surface area contributed by atoms with Crippen LogP contribution in [0.4, 0.5) is 4.79 Å². The second-order valence-corrected chi connectivity index (χ2v) is 6.15. The molecular weight excluding hydrogens is 366 g/mol. The van der Waals surface area contributed by atoms with Crippen LogP contribution < -0.4 is 10.7 Å². The van der Waals surface area contributed by atoms with Crippen LogP contribution >= 0.6 is 11.8 Å². The summed E-state index contributed by atoms with van der Waals surface area (Å²) in [6, 6.07) is 7.13. The third kappa shape index (κ3) is 8.89. The molecule has 0 saturated heterocycles. The quantitative estimate of drug-likeness (QED) is 0.332. The van der Waals surface area contributed by atoms with Gasteiger partial charge in [-0.3, -0.25) is 15.0 Å². The Bertz CT molecular complexity index is 625. The Morgan fingerprint density at radius 1 is 1.00 bits per heavy atom. The van der Waals surface area contributed by atoms with Crippen LogP contribution in [0.3, 0.4) is 0 Å². The highest BCUT2D eigenvalue weighted by Crippen LogP contribution is 2.12. The van der Waals surface area contributed by atoms with Gasteiger partial charge in [-0.2, -0.15) is 16.8 Å². The van der Waals surface area contributed by atoms with Crippen LogP contribution in [0.5, 0.6) is 0 Å². The number of aliphatic carboxylic acids is 3. The van der Waals surface area contributed by atoms with Crippen LogP contribution in [0.2, 0.25) is 0 Å². The monoisotopic (exact) mass is 385 g/mol. The smallest absolute Gasteiger partial charge is 0.330 e. The Balaban J connectivity index is 2.53. The number of rotatable bonds is 11. The molecule has 0 aliphatic heterocycles. The summed E-state index contributed by atoms with van der Waals surface area (Å²) >= 11 is 1.30. The normalized spacial score (nSPS) is 11.6. The lowest BCUT2D eigenvalue weighted by atomic mass is 10.2. The lowest BCUT2D eigenvalue weighted by Crippen LogP contribution is -2.54. The number of carbonyl (C=O) groups is 4. The zero-order valence-electron chi connectivity index (χ0n) is 13.6. The van der Waals surface area contributed by atoms with Crippen molar-refractivity contribution in [2.75, 3.05) is 18.8 Å². The Kier molecular flexibility index (Phi) is 8.95. The van der Waals surface area contributed by atoms with Gasteiger partial charge in [0, 0.05) is 11.5 Å². The summed E-state index contributed by atoms with van der Waals surface area (Å²) in [5, 5.41) is 29.4. The molecule has 26 heavy (non-hydrogen) atoms. The topological polar surface area (TPSA) is 156 Å². The summed E-state index contributed by atoms with van der Waals surface area (Å²) in [5.41, 5.74) is 3.02. The largest absolute Gasteiger partial charge is 0.480 e. The van der Waals surface area contributed by atoms with Crippen molar-refractivity contribution in [1.29, 1.82) is 0 Å². The van der Waals surface area contributed by atoms with E-state index in [0.717, 1.165) is 5.56 Å². The zero-order chi connectivity index (χ0) is 19.5. The first-order chi connectivity index (χ1) is 12.3. The Hall–Kier alpha value is -2.79. The van der Waals surface area contributed by atoms with Crippen LogP contribution in [-0.2, 0) is 20.1 Å². The Labute approximate surface area is 153 Å². The van der Waals surface area contributed by atoms with E-state index in [1.165, 1.54) is 11.8 Å². The highest BCUT2D eigenvalue weighted by molar-refractivity contribution is 7.98. The summed E-state index contributed by atoms with van der Waals surface area (Å²) in [6.07, 6.45) is 0. The molecule has 2 amide bonds. The van der Waals surface area contributed by atoms with Gasteiger partial charge in [0.25, 0.3) is 0 Å². The van der Waals surface area contributed by atoms with E-state index in [0.29, 0.717) is 10.8 Å². The van der Waals surface area contributed by atoms with Crippen LogP contribution in [0.1, 0.15) is 5.56 Å². The van der Waals surface area contributed by atoms with Crippen LogP contribution in [0, 0.1) is 0 Å². The number of hydrogen-bond acceptors (Lipinski definition) is 6. The van der Waals surface area contributed by atoms with E-state index in [-0.39, 0.29) is 5.75 Å². The Morgan fingerprint density at radius 3 is 2.08 bits per heavy atom. The molecule has 1 atom stereocenters. The molecule has 0 radical (unpaired) electrons. The number of hydrogen-bond donors (Lipinski definition) is 5. The van der Waals surface area contributed by atoms with Crippen molar-refractivity contribution in [2.45, 2.75) is 11.8 Å². The first-order valence-electron chi connectivity index (χ1n) is 7.38. The molecule has 0 fully saturated rings. The van der Waals surface area contributed by atoms with Gasteiger partial charge in [0.1, 0.15) is 19.1 Å². The van der Waals surface area contributed by atoms with Crippen molar-refractivity contribution in [3.05, 3.63) is 35.9 Å². The van der Waals surface area contributed by atoms with E-state index in [2.05, 4.69) is 5.32 Å². The third-order valence-corrected chi connectivity index (χ3v) is 4.02. The molecule has 0 aromatic heterocycles. The predicted octanol–water partition coefficient (Wildman–Crippen LogP) is 0.0584. The molecule has 5 N–H and O–H groups in total. The number of nitrogens with zero attached hydrogens (tertiary/aromatic N) is 1. The zero-order valence-corrected chi connectivity index (χ0v) is 14.4. The van der Waals surface area contributed by atoms with Gasteiger partial charge >= 0.3 is 23.9 Å². The minimum atomic E-state index is -1.35. The maximum atomic E-state index is 11.8. The van der Waals surface area contributed by atoms with Gasteiger partial charge in [0.05, 0.1) is 0 Å². The van der Waals surface area contributed by atoms with Gasteiger partial charge < -0.3 is 20.6 Å². The van der Waals surface area contributed by atoms with Crippen molar-refractivity contribution in [3.63, 3.8) is 0 Å². The molecule has 0 aliphatic carbocycles. The Morgan fingerprint density at radius 2 is 1.58 bits per heavy atom. The number of carboxylic acids is 3. The molecule has 0 spiro atoms. The summed E-state index contributed by atoms with van der Waals surface area (Å²) in [4.78, 5) is 44.5. The summed E-state index contributed by atoms with van der Waals surface area (Å²) in [7, 11) is 0.